The topological polar surface area (TPSA) is 49.5 Å². The molecule has 0 bridgehead atoms. The molecule has 0 fully saturated rings. The molecule has 0 radical (unpaired) electrons. The van der Waals surface area contributed by atoms with Gasteiger partial charge in [0.15, 0.2) is 0 Å². The lowest BCUT2D eigenvalue weighted by atomic mass is 10.1. The molecule has 0 spiro atoms. The average molecular weight is 216 g/mol. The van der Waals surface area contributed by atoms with Crippen molar-refractivity contribution in [2.75, 3.05) is 19.7 Å². The van der Waals surface area contributed by atoms with Gasteiger partial charge in [0.2, 0.25) is 0 Å². The van der Waals surface area contributed by atoms with E-state index in [1.54, 1.807) is 0 Å². The Kier molecular flexibility index (Phi) is 9.06. The molecule has 92 valence electrons. The quantitative estimate of drug-likeness (QED) is 0.615. The molecule has 0 aliphatic heterocycles. The second-order valence-corrected chi connectivity index (χ2v) is 4.38. The minimum absolute atomic E-state index is 0.112. The Morgan fingerprint density at radius 2 is 2.00 bits per heavy atom. The van der Waals surface area contributed by atoms with E-state index in [9.17, 15) is 0 Å². The van der Waals surface area contributed by atoms with E-state index in [-0.39, 0.29) is 12.6 Å². The number of nitrogens with two attached hydrogens (primary N) is 1. The van der Waals surface area contributed by atoms with Crippen molar-refractivity contribution in [1.82, 2.24) is 4.90 Å². The first-order chi connectivity index (χ1) is 7.15. The Morgan fingerprint density at radius 1 is 1.33 bits per heavy atom. The van der Waals surface area contributed by atoms with Crippen molar-refractivity contribution >= 4 is 0 Å². The smallest absolute Gasteiger partial charge is 0.0446 e. The maximum atomic E-state index is 8.82. The van der Waals surface area contributed by atoms with Gasteiger partial charge in [-0.1, -0.05) is 20.3 Å². The lowest BCUT2D eigenvalue weighted by Crippen LogP contribution is -2.43. The molecule has 0 saturated heterocycles. The van der Waals surface area contributed by atoms with Crippen LogP contribution in [0.3, 0.4) is 0 Å². The summed E-state index contributed by atoms with van der Waals surface area (Å²) in [6.45, 7) is 8.91. The lowest BCUT2D eigenvalue weighted by molar-refractivity contribution is 0.176. The SMILES string of the molecule is CCCCN(CC(N)CCO)C(C)CC. The zero-order chi connectivity index (χ0) is 11.7. The Morgan fingerprint density at radius 3 is 2.47 bits per heavy atom. The summed E-state index contributed by atoms with van der Waals surface area (Å²) in [5.41, 5.74) is 5.95. The molecular formula is C12H28N2O. The summed E-state index contributed by atoms with van der Waals surface area (Å²) in [4.78, 5) is 2.45. The molecule has 3 heteroatoms. The zero-order valence-electron chi connectivity index (χ0n) is 10.6. The van der Waals surface area contributed by atoms with Crippen LogP contribution in [0, 0.1) is 0 Å². The van der Waals surface area contributed by atoms with Crippen LogP contribution in [-0.4, -0.2) is 41.8 Å². The minimum Gasteiger partial charge on any atom is -0.396 e. The second-order valence-electron chi connectivity index (χ2n) is 4.38. The Balaban J connectivity index is 3.98. The van der Waals surface area contributed by atoms with E-state index in [0.717, 1.165) is 19.5 Å². The molecule has 3 nitrogen and oxygen atoms in total. The summed E-state index contributed by atoms with van der Waals surface area (Å²) >= 11 is 0. The molecule has 0 heterocycles. The summed E-state index contributed by atoms with van der Waals surface area (Å²) < 4.78 is 0. The number of nitrogens with zero attached hydrogens (tertiary/aromatic N) is 1. The summed E-state index contributed by atoms with van der Waals surface area (Å²) in [7, 11) is 0. The molecule has 0 aromatic carbocycles. The molecule has 0 rings (SSSR count). The van der Waals surface area contributed by atoms with Crippen LogP contribution in [0.15, 0.2) is 0 Å². The number of rotatable bonds is 9. The lowest BCUT2D eigenvalue weighted by Gasteiger charge is -2.30. The average Bonchev–Trinajstić information content (AvgIpc) is 2.23. The van der Waals surface area contributed by atoms with Crippen molar-refractivity contribution in [2.45, 2.75) is 58.5 Å². The van der Waals surface area contributed by atoms with Crippen LogP contribution < -0.4 is 5.73 Å². The number of unbranched alkanes of at least 4 members (excludes halogenated alkanes) is 1. The van der Waals surface area contributed by atoms with Crippen LogP contribution in [0.4, 0.5) is 0 Å². The fraction of sp³-hybridized carbons (Fsp3) is 1.00. The fourth-order valence-corrected chi connectivity index (χ4v) is 1.67. The molecule has 0 aromatic heterocycles. The van der Waals surface area contributed by atoms with Gasteiger partial charge in [0, 0.05) is 25.2 Å². The van der Waals surface area contributed by atoms with Gasteiger partial charge in [0.25, 0.3) is 0 Å². The van der Waals surface area contributed by atoms with Gasteiger partial charge < -0.3 is 10.8 Å². The van der Waals surface area contributed by atoms with E-state index in [1.165, 1.54) is 12.8 Å². The van der Waals surface area contributed by atoms with Crippen LogP contribution >= 0.6 is 0 Å². The Bertz CT molecular complexity index is 142. The van der Waals surface area contributed by atoms with E-state index in [2.05, 4.69) is 25.7 Å². The summed E-state index contributed by atoms with van der Waals surface area (Å²) in [6.07, 6.45) is 4.33. The Hall–Kier alpha value is -0.120. The van der Waals surface area contributed by atoms with Gasteiger partial charge in [-0.3, -0.25) is 4.90 Å². The molecule has 0 aliphatic rings. The number of hydrogen-bond acceptors (Lipinski definition) is 3. The first kappa shape index (κ1) is 14.9. The highest BCUT2D eigenvalue weighted by atomic mass is 16.3. The molecule has 0 saturated carbocycles. The third-order valence-electron chi connectivity index (χ3n) is 2.98. The summed E-state index contributed by atoms with van der Waals surface area (Å²) in [6, 6.07) is 0.710. The van der Waals surface area contributed by atoms with Crippen molar-refractivity contribution < 1.29 is 5.11 Å². The van der Waals surface area contributed by atoms with E-state index < -0.39 is 0 Å². The van der Waals surface area contributed by atoms with E-state index in [4.69, 9.17) is 10.8 Å². The van der Waals surface area contributed by atoms with E-state index in [0.29, 0.717) is 12.5 Å². The molecule has 3 N–H and O–H groups in total. The summed E-state index contributed by atoms with van der Waals surface area (Å²) in [5, 5.41) is 8.82. The van der Waals surface area contributed by atoms with Crippen LogP contribution in [0.5, 0.6) is 0 Å². The largest absolute Gasteiger partial charge is 0.396 e. The van der Waals surface area contributed by atoms with Crippen LogP contribution in [0.2, 0.25) is 0 Å². The molecule has 2 unspecified atom stereocenters. The van der Waals surface area contributed by atoms with Crippen molar-refractivity contribution in [3.63, 3.8) is 0 Å². The second kappa shape index (κ2) is 9.13. The van der Waals surface area contributed by atoms with Crippen LogP contribution in [-0.2, 0) is 0 Å². The maximum absolute atomic E-state index is 8.82. The zero-order valence-corrected chi connectivity index (χ0v) is 10.6. The molecule has 0 aliphatic carbocycles. The third kappa shape index (κ3) is 6.88. The Labute approximate surface area is 94.6 Å². The maximum Gasteiger partial charge on any atom is 0.0446 e. The molecule has 2 atom stereocenters. The van der Waals surface area contributed by atoms with Crippen molar-refractivity contribution in [1.29, 1.82) is 0 Å². The fourth-order valence-electron chi connectivity index (χ4n) is 1.67. The number of aliphatic hydroxyl groups is 1. The molecule has 0 aromatic rings. The predicted molar refractivity (Wildman–Crippen MR) is 65.9 cm³/mol. The predicted octanol–water partition coefficient (Wildman–Crippen LogP) is 1.60. The van der Waals surface area contributed by atoms with Gasteiger partial charge >= 0.3 is 0 Å². The highest BCUT2D eigenvalue weighted by Crippen LogP contribution is 2.07. The van der Waals surface area contributed by atoms with Gasteiger partial charge in [0.1, 0.15) is 0 Å². The van der Waals surface area contributed by atoms with Crippen LogP contribution in [0.1, 0.15) is 46.5 Å². The van der Waals surface area contributed by atoms with Gasteiger partial charge in [-0.25, -0.2) is 0 Å². The highest BCUT2D eigenvalue weighted by Gasteiger charge is 2.14. The van der Waals surface area contributed by atoms with Gasteiger partial charge in [-0.05, 0) is 32.7 Å². The first-order valence-corrected chi connectivity index (χ1v) is 6.26. The number of aliphatic hydroxyl groups excluding tert-OH is 1. The minimum atomic E-state index is 0.112. The number of hydrogen-bond donors (Lipinski definition) is 2. The first-order valence-electron chi connectivity index (χ1n) is 6.26. The third-order valence-corrected chi connectivity index (χ3v) is 2.98. The van der Waals surface area contributed by atoms with Crippen molar-refractivity contribution in [3.05, 3.63) is 0 Å². The van der Waals surface area contributed by atoms with Crippen LogP contribution in [0.25, 0.3) is 0 Å². The molecule has 0 amide bonds. The summed E-state index contributed by atoms with van der Waals surface area (Å²) in [5.74, 6) is 0. The standard InChI is InChI=1S/C12H28N2O/c1-4-6-8-14(11(3)5-2)10-12(13)7-9-15/h11-12,15H,4-10,13H2,1-3H3. The van der Waals surface area contributed by atoms with Gasteiger partial charge in [-0.2, -0.15) is 0 Å². The monoisotopic (exact) mass is 216 g/mol. The van der Waals surface area contributed by atoms with E-state index >= 15 is 0 Å². The normalized spacial score (nSPS) is 15.6. The van der Waals surface area contributed by atoms with Crippen molar-refractivity contribution in [2.24, 2.45) is 5.73 Å². The van der Waals surface area contributed by atoms with Gasteiger partial charge in [-0.15, -0.1) is 0 Å². The molecule has 15 heavy (non-hydrogen) atoms. The van der Waals surface area contributed by atoms with Crippen molar-refractivity contribution in [3.8, 4) is 0 Å². The van der Waals surface area contributed by atoms with Gasteiger partial charge in [0.05, 0.1) is 0 Å². The highest BCUT2D eigenvalue weighted by molar-refractivity contribution is 4.72. The van der Waals surface area contributed by atoms with E-state index in [1.807, 2.05) is 0 Å². The molecular weight excluding hydrogens is 188 g/mol.